The van der Waals surface area contributed by atoms with Gasteiger partial charge in [-0.15, -0.1) is 0 Å². The van der Waals surface area contributed by atoms with E-state index in [1.165, 1.54) is 0 Å². The summed E-state index contributed by atoms with van der Waals surface area (Å²) in [6.07, 6.45) is 2.93. The first-order valence-electron chi connectivity index (χ1n) is 9.98. The molecule has 2 aromatic carbocycles. The van der Waals surface area contributed by atoms with E-state index in [0.717, 1.165) is 42.8 Å². The molecule has 29 heavy (non-hydrogen) atoms. The Kier molecular flexibility index (Phi) is 5.81. The number of hydrogen-bond acceptors (Lipinski definition) is 4. The first-order valence-corrected chi connectivity index (χ1v) is 11.8. The maximum atomic E-state index is 13.0. The minimum atomic E-state index is -3.47. The van der Waals surface area contributed by atoms with Gasteiger partial charge in [0, 0.05) is 19.6 Å². The molecule has 0 bridgehead atoms. The van der Waals surface area contributed by atoms with Gasteiger partial charge < -0.3 is 9.88 Å². The lowest BCUT2D eigenvalue weighted by atomic mass is 10.2. The van der Waals surface area contributed by atoms with E-state index in [4.69, 9.17) is 16.6 Å². The summed E-state index contributed by atoms with van der Waals surface area (Å²) in [6, 6.07) is 12.8. The molecule has 0 aliphatic carbocycles. The molecule has 4 rings (SSSR count). The van der Waals surface area contributed by atoms with Crippen molar-refractivity contribution in [3.05, 3.63) is 53.3 Å². The van der Waals surface area contributed by atoms with Gasteiger partial charge in [0.25, 0.3) is 0 Å². The van der Waals surface area contributed by atoms with Crippen LogP contribution in [-0.2, 0) is 23.1 Å². The zero-order valence-corrected chi connectivity index (χ0v) is 18.0. The Morgan fingerprint density at radius 3 is 2.59 bits per heavy atom. The fourth-order valence-electron chi connectivity index (χ4n) is 3.84. The molecule has 154 valence electrons. The number of nitrogens with one attached hydrogen (secondary N) is 1. The van der Waals surface area contributed by atoms with Crippen molar-refractivity contribution >= 4 is 38.3 Å². The van der Waals surface area contributed by atoms with Crippen molar-refractivity contribution in [2.75, 3.05) is 18.4 Å². The number of aryl methyl sites for hydroxylation is 1. The average Bonchev–Trinajstić information content (AvgIpc) is 3.10. The van der Waals surface area contributed by atoms with Crippen LogP contribution in [0.5, 0.6) is 0 Å². The van der Waals surface area contributed by atoms with Crippen LogP contribution in [0.1, 0.15) is 32.0 Å². The Morgan fingerprint density at radius 1 is 1.10 bits per heavy atom. The van der Waals surface area contributed by atoms with Gasteiger partial charge in [0.2, 0.25) is 10.0 Å². The Hall–Kier alpha value is -2.09. The Labute approximate surface area is 176 Å². The lowest BCUT2D eigenvalue weighted by molar-refractivity contribution is 0.346. The van der Waals surface area contributed by atoms with Gasteiger partial charge in [-0.25, -0.2) is 13.4 Å². The van der Waals surface area contributed by atoms with E-state index in [1.54, 1.807) is 16.4 Å². The van der Waals surface area contributed by atoms with Gasteiger partial charge in [0.15, 0.2) is 0 Å². The molecule has 3 aromatic rings. The molecule has 8 heteroatoms. The highest BCUT2D eigenvalue weighted by Gasteiger charge is 2.26. The molecule has 0 radical (unpaired) electrons. The highest BCUT2D eigenvalue weighted by atomic mass is 35.5. The first kappa shape index (κ1) is 20.2. The Balaban J connectivity index is 1.64. The summed E-state index contributed by atoms with van der Waals surface area (Å²) in [5, 5.41) is 3.97. The van der Waals surface area contributed by atoms with E-state index in [0.29, 0.717) is 35.1 Å². The summed E-state index contributed by atoms with van der Waals surface area (Å²) >= 11 is 6.23. The molecular weight excluding hydrogens is 408 g/mol. The van der Waals surface area contributed by atoms with Crippen LogP contribution in [0.3, 0.4) is 0 Å². The molecule has 0 unspecified atom stereocenters. The number of hydrogen-bond donors (Lipinski definition) is 1. The van der Waals surface area contributed by atoms with Crippen molar-refractivity contribution in [1.29, 1.82) is 0 Å². The summed E-state index contributed by atoms with van der Waals surface area (Å²) in [6.45, 7) is 4.49. The smallest absolute Gasteiger partial charge is 0.243 e. The van der Waals surface area contributed by atoms with Crippen LogP contribution >= 0.6 is 11.6 Å². The highest BCUT2D eigenvalue weighted by molar-refractivity contribution is 7.89. The molecule has 1 aliphatic rings. The minimum absolute atomic E-state index is 0.318. The van der Waals surface area contributed by atoms with Crippen LogP contribution in [0.15, 0.2) is 47.4 Å². The molecule has 0 atom stereocenters. The average molecular weight is 433 g/mol. The zero-order valence-electron chi connectivity index (χ0n) is 16.4. The van der Waals surface area contributed by atoms with Gasteiger partial charge in [0.05, 0.1) is 33.2 Å². The van der Waals surface area contributed by atoms with Crippen molar-refractivity contribution in [2.24, 2.45) is 0 Å². The monoisotopic (exact) mass is 432 g/mol. The summed E-state index contributed by atoms with van der Waals surface area (Å²) in [4.78, 5) is 5.04. The summed E-state index contributed by atoms with van der Waals surface area (Å²) in [7, 11) is -3.47. The van der Waals surface area contributed by atoms with Gasteiger partial charge in [0.1, 0.15) is 5.82 Å². The van der Waals surface area contributed by atoms with E-state index >= 15 is 0 Å². The van der Waals surface area contributed by atoms with Crippen LogP contribution in [0.25, 0.3) is 11.0 Å². The Morgan fingerprint density at radius 2 is 1.86 bits per heavy atom. The van der Waals surface area contributed by atoms with Crippen LogP contribution in [0, 0.1) is 0 Å². The van der Waals surface area contributed by atoms with Crippen molar-refractivity contribution in [3.63, 3.8) is 0 Å². The molecule has 0 amide bonds. The molecule has 1 N–H and O–H groups in total. The first-order chi connectivity index (χ1) is 14.0. The predicted octanol–water partition coefficient (Wildman–Crippen LogP) is 4.50. The van der Waals surface area contributed by atoms with Gasteiger partial charge in [-0.1, -0.05) is 30.2 Å². The second kappa shape index (κ2) is 8.34. The molecule has 2 heterocycles. The quantitative estimate of drug-likeness (QED) is 0.622. The topological polar surface area (TPSA) is 67.2 Å². The van der Waals surface area contributed by atoms with Gasteiger partial charge in [-0.2, -0.15) is 4.31 Å². The fourth-order valence-corrected chi connectivity index (χ4v) is 5.58. The third-order valence-corrected chi connectivity index (χ3v) is 7.60. The lowest BCUT2D eigenvalue weighted by Gasteiger charge is -2.25. The largest absolute Gasteiger partial charge is 0.377 e. The maximum Gasteiger partial charge on any atom is 0.243 e. The van der Waals surface area contributed by atoms with Crippen molar-refractivity contribution < 1.29 is 8.42 Å². The molecule has 0 saturated carbocycles. The van der Waals surface area contributed by atoms with Crippen molar-refractivity contribution in [2.45, 2.75) is 44.2 Å². The number of benzene rings is 2. The summed E-state index contributed by atoms with van der Waals surface area (Å²) < 4.78 is 29.7. The van der Waals surface area contributed by atoms with Crippen LogP contribution in [0.2, 0.25) is 5.02 Å². The fraction of sp³-hybridized carbons (Fsp3) is 0.381. The normalized spacial score (nSPS) is 15.7. The Bertz CT molecular complexity index is 1120. The number of para-hydroxylation sites is 1. The molecule has 1 saturated heterocycles. The van der Waals surface area contributed by atoms with Crippen LogP contribution < -0.4 is 5.32 Å². The van der Waals surface area contributed by atoms with Gasteiger partial charge in [-0.3, -0.25) is 0 Å². The third-order valence-electron chi connectivity index (χ3n) is 5.38. The minimum Gasteiger partial charge on any atom is -0.377 e. The van der Waals surface area contributed by atoms with Gasteiger partial charge >= 0.3 is 0 Å². The number of rotatable bonds is 6. The number of halogens is 1. The number of imidazole rings is 1. The molecule has 1 aromatic heterocycles. The maximum absolute atomic E-state index is 13.0. The van der Waals surface area contributed by atoms with Crippen LogP contribution in [-0.4, -0.2) is 35.4 Å². The molecular formula is C21H25ClN4O2S. The van der Waals surface area contributed by atoms with Crippen molar-refractivity contribution in [1.82, 2.24) is 13.9 Å². The predicted molar refractivity (Wildman–Crippen MR) is 117 cm³/mol. The van der Waals surface area contributed by atoms with Crippen molar-refractivity contribution in [3.8, 4) is 0 Å². The SMILES string of the molecule is CCn1c(CNc2ccccc2Cl)nc2cc(S(=O)(=O)N3CCCCC3)ccc21. The highest BCUT2D eigenvalue weighted by Crippen LogP contribution is 2.26. The standard InChI is InChI=1S/C21H25ClN4O2S/c1-2-26-20-11-10-16(29(27,28)25-12-6-3-7-13-25)14-19(20)24-21(26)15-23-18-9-5-4-8-17(18)22/h4-5,8-11,14,23H,2-3,6-7,12-13,15H2,1H3. The summed E-state index contributed by atoms with van der Waals surface area (Å²) in [5.41, 5.74) is 2.47. The van der Waals surface area contributed by atoms with E-state index in [2.05, 4.69) is 16.8 Å². The zero-order chi connectivity index (χ0) is 20.4. The number of sulfonamides is 1. The number of anilines is 1. The molecule has 6 nitrogen and oxygen atoms in total. The second-order valence-corrected chi connectivity index (χ2v) is 9.57. The molecule has 1 aliphatic heterocycles. The van der Waals surface area contributed by atoms with E-state index < -0.39 is 10.0 Å². The van der Waals surface area contributed by atoms with E-state index in [-0.39, 0.29) is 0 Å². The number of nitrogens with zero attached hydrogens (tertiary/aromatic N) is 3. The lowest BCUT2D eigenvalue weighted by Crippen LogP contribution is -2.35. The number of aromatic nitrogens is 2. The molecule has 1 fully saturated rings. The molecule has 0 spiro atoms. The van der Waals surface area contributed by atoms with E-state index in [1.807, 2.05) is 30.3 Å². The third kappa shape index (κ3) is 3.99. The second-order valence-electron chi connectivity index (χ2n) is 7.22. The van der Waals surface area contributed by atoms with E-state index in [9.17, 15) is 8.42 Å². The van der Waals surface area contributed by atoms with Crippen LogP contribution in [0.4, 0.5) is 5.69 Å². The summed E-state index contributed by atoms with van der Waals surface area (Å²) in [5.74, 6) is 0.843. The number of piperidine rings is 1. The van der Waals surface area contributed by atoms with Gasteiger partial charge in [-0.05, 0) is 50.1 Å². The number of fused-ring (bicyclic) bond motifs is 1.